The van der Waals surface area contributed by atoms with Crippen LogP contribution in [0.1, 0.15) is 16.1 Å². The highest BCUT2D eigenvalue weighted by atomic mass is 35.5. The van der Waals surface area contributed by atoms with Crippen LogP contribution in [0.2, 0.25) is 5.02 Å². The smallest absolute Gasteiger partial charge is 0.257 e. The third-order valence-corrected chi connectivity index (χ3v) is 5.18. The molecule has 1 aliphatic rings. The molecule has 1 fully saturated rings. The van der Waals surface area contributed by atoms with Crippen LogP contribution in [-0.4, -0.2) is 84.4 Å². The van der Waals surface area contributed by atoms with Gasteiger partial charge in [0.15, 0.2) is 0 Å². The van der Waals surface area contributed by atoms with E-state index in [-0.39, 0.29) is 11.8 Å². The largest absolute Gasteiger partial charge is 0.383 e. The van der Waals surface area contributed by atoms with Crippen LogP contribution in [0.5, 0.6) is 0 Å². The molecule has 1 aliphatic heterocycles. The number of benzene rings is 1. The van der Waals surface area contributed by atoms with Crippen LogP contribution in [-0.2, 0) is 9.53 Å². The first kappa shape index (κ1) is 21.3. The van der Waals surface area contributed by atoms with Gasteiger partial charge in [0, 0.05) is 44.9 Å². The number of carbonyl (C=O) groups is 2. The van der Waals surface area contributed by atoms with Gasteiger partial charge in [-0.05, 0) is 25.1 Å². The van der Waals surface area contributed by atoms with Crippen LogP contribution in [0.25, 0.3) is 5.69 Å². The van der Waals surface area contributed by atoms with Crippen LogP contribution in [0.3, 0.4) is 0 Å². The van der Waals surface area contributed by atoms with Crippen LogP contribution < -0.4 is 5.32 Å². The van der Waals surface area contributed by atoms with Crippen molar-refractivity contribution >= 4 is 23.4 Å². The Hall–Kier alpha value is -2.42. The summed E-state index contributed by atoms with van der Waals surface area (Å²) in [6.45, 7) is 5.67. The fourth-order valence-electron chi connectivity index (χ4n) is 3.32. The van der Waals surface area contributed by atoms with Gasteiger partial charge in [-0.1, -0.05) is 17.7 Å². The Kier molecular flexibility index (Phi) is 7.24. The SMILES string of the molecule is COCCNC(=O)CN1CCN(C(=O)c2cnn(-c3cccc(Cl)c3)c2C)CC1. The minimum atomic E-state index is -0.0417. The third kappa shape index (κ3) is 5.35. The Morgan fingerprint density at radius 2 is 2.00 bits per heavy atom. The fourth-order valence-corrected chi connectivity index (χ4v) is 3.50. The summed E-state index contributed by atoms with van der Waals surface area (Å²) in [6, 6.07) is 7.36. The second-order valence-electron chi connectivity index (χ2n) is 6.95. The summed E-state index contributed by atoms with van der Waals surface area (Å²) < 4.78 is 6.65. The third-order valence-electron chi connectivity index (χ3n) is 4.95. The number of hydrogen-bond acceptors (Lipinski definition) is 5. The van der Waals surface area contributed by atoms with Gasteiger partial charge in [-0.15, -0.1) is 0 Å². The van der Waals surface area contributed by atoms with Crippen molar-refractivity contribution < 1.29 is 14.3 Å². The van der Waals surface area contributed by atoms with Crippen LogP contribution in [0.4, 0.5) is 0 Å². The molecule has 1 N–H and O–H groups in total. The van der Waals surface area contributed by atoms with Gasteiger partial charge < -0.3 is 15.0 Å². The van der Waals surface area contributed by atoms with Crippen LogP contribution >= 0.6 is 11.6 Å². The van der Waals surface area contributed by atoms with Gasteiger partial charge in [0.1, 0.15) is 0 Å². The Labute approximate surface area is 175 Å². The van der Waals surface area contributed by atoms with Gasteiger partial charge in [-0.25, -0.2) is 4.68 Å². The first-order chi connectivity index (χ1) is 14.0. The lowest BCUT2D eigenvalue weighted by Gasteiger charge is -2.34. The minimum absolute atomic E-state index is 0.0273. The normalized spacial score (nSPS) is 14.8. The number of halogens is 1. The van der Waals surface area contributed by atoms with Crippen molar-refractivity contribution in [3.63, 3.8) is 0 Å². The maximum absolute atomic E-state index is 13.0. The number of piperazine rings is 1. The average Bonchev–Trinajstić information content (AvgIpc) is 3.09. The first-order valence-corrected chi connectivity index (χ1v) is 9.95. The van der Waals surface area contributed by atoms with Crippen molar-refractivity contribution in [2.75, 3.05) is 53.0 Å². The lowest BCUT2D eigenvalue weighted by Crippen LogP contribution is -2.51. The van der Waals surface area contributed by atoms with Crippen molar-refractivity contribution in [3.05, 3.63) is 46.7 Å². The molecule has 9 heteroatoms. The molecule has 2 heterocycles. The number of methoxy groups -OCH3 is 1. The van der Waals surface area contributed by atoms with E-state index in [0.717, 1.165) is 11.4 Å². The zero-order chi connectivity index (χ0) is 20.8. The van der Waals surface area contributed by atoms with E-state index in [4.69, 9.17) is 16.3 Å². The van der Waals surface area contributed by atoms with E-state index < -0.39 is 0 Å². The summed E-state index contributed by atoms with van der Waals surface area (Å²) in [7, 11) is 1.60. The predicted molar refractivity (Wildman–Crippen MR) is 111 cm³/mol. The lowest BCUT2D eigenvalue weighted by molar-refractivity contribution is -0.122. The van der Waals surface area contributed by atoms with E-state index in [1.165, 1.54) is 0 Å². The van der Waals surface area contributed by atoms with Gasteiger partial charge in [0.2, 0.25) is 5.91 Å². The fraction of sp³-hybridized carbons (Fsp3) is 0.450. The monoisotopic (exact) mass is 419 g/mol. The van der Waals surface area contributed by atoms with E-state index in [0.29, 0.717) is 56.5 Å². The molecule has 0 radical (unpaired) electrons. The predicted octanol–water partition coefficient (Wildman–Crippen LogP) is 1.35. The quantitative estimate of drug-likeness (QED) is 0.685. The Morgan fingerprint density at radius 3 is 2.69 bits per heavy atom. The maximum Gasteiger partial charge on any atom is 0.257 e. The average molecular weight is 420 g/mol. The topological polar surface area (TPSA) is 79.7 Å². The van der Waals surface area contributed by atoms with E-state index in [2.05, 4.69) is 10.4 Å². The number of nitrogens with one attached hydrogen (secondary N) is 1. The van der Waals surface area contributed by atoms with E-state index in [9.17, 15) is 9.59 Å². The summed E-state index contributed by atoms with van der Waals surface area (Å²) in [5.74, 6) is -0.0690. The van der Waals surface area contributed by atoms with Crippen LogP contribution in [0.15, 0.2) is 30.5 Å². The Morgan fingerprint density at radius 1 is 1.24 bits per heavy atom. The molecule has 0 unspecified atom stereocenters. The zero-order valence-corrected chi connectivity index (χ0v) is 17.5. The number of amides is 2. The van der Waals surface area contributed by atoms with E-state index in [1.54, 1.807) is 24.1 Å². The van der Waals surface area contributed by atoms with Gasteiger partial charge >= 0.3 is 0 Å². The molecule has 0 atom stereocenters. The molecule has 0 spiro atoms. The van der Waals surface area contributed by atoms with Crippen molar-refractivity contribution in [1.29, 1.82) is 0 Å². The van der Waals surface area contributed by atoms with E-state index in [1.807, 2.05) is 34.9 Å². The summed E-state index contributed by atoms with van der Waals surface area (Å²) in [5.41, 5.74) is 2.17. The molecule has 0 saturated carbocycles. The van der Waals surface area contributed by atoms with Crippen molar-refractivity contribution in [1.82, 2.24) is 24.9 Å². The summed E-state index contributed by atoms with van der Waals surface area (Å²) >= 11 is 6.07. The van der Waals surface area contributed by atoms with Gasteiger partial charge in [0.05, 0.1) is 36.3 Å². The molecular formula is C20H26ClN5O3. The number of ether oxygens (including phenoxy) is 1. The highest BCUT2D eigenvalue weighted by Gasteiger charge is 2.25. The molecule has 156 valence electrons. The van der Waals surface area contributed by atoms with Crippen molar-refractivity contribution in [2.24, 2.45) is 0 Å². The molecule has 3 rings (SSSR count). The number of nitrogens with zero attached hydrogens (tertiary/aromatic N) is 4. The number of aromatic nitrogens is 2. The second kappa shape index (κ2) is 9.87. The second-order valence-corrected chi connectivity index (χ2v) is 7.38. The summed E-state index contributed by atoms with van der Waals surface area (Å²) in [4.78, 5) is 28.8. The van der Waals surface area contributed by atoms with Crippen molar-refractivity contribution in [2.45, 2.75) is 6.92 Å². The van der Waals surface area contributed by atoms with Gasteiger partial charge in [0.25, 0.3) is 5.91 Å². The van der Waals surface area contributed by atoms with Gasteiger partial charge in [-0.2, -0.15) is 5.10 Å². The number of rotatable bonds is 7. The zero-order valence-electron chi connectivity index (χ0n) is 16.7. The standard InChI is InChI=1S/C20H26ClN5O3/c1-15-18(13-23-26(15)17-5-3-4-16(21)12-17)20(28)25-9-7-24(8-10-25)14-19(27)22-6-11-29-2/h3-5,12-13H,6-11,14H2,1-2H3,(H,22,27). The Bertz CT molecular complexity index is 862. The summed E-state index contributed by atoms with van der Waals surface area (Å²) in [6.07, 6.45) is 1.61. The summed E-state index contributed by atoms with van der Waals surface area (Å²) in [5, 5.41) is 7.80. The maximum atomic E-state index is 13.0. The van der Waals surface area contributed by atoms with Crippen molar-refractivity contribution in [3.8, 4) is 5.69 Å². The highest BCUT2D eigenvalue weighted by molar-refractivity contribution is 6.30. The van der Waals surface area contributed by atoms with E-state index >= 15 is 0 Å². The van der Waals surface area contributed by atoms with Gasteiger partial charge in [-0.3, -0.25) is 14.5 Å². The molecule has 8 nitrogen and oxygen atoms in total. The highest BCUT2D eigenvalue weighted by Crippen LogP contribution is 2.19. The number of carbonyl (C=O) groups excluding carboxylic acids is 2. The molecule has 0 bridgehead atoms. The molecule has 2 aromatic rings. The Balaban J connectivity index is 1.57. The first-order valence-electron chi connectivity index (χ1n) is 9.57. The molecular weight excluding hydrogens is 394 g/mol. The molecule has 29 heavy (non-hydrogen) atoms. The minimum Gasteiger partial charge on any atom is -0.383 e. The molecule has 2 amide bonds. The van der Waals surface area contributed by atoms with Crippen LogP contribution in [0, 0.1) is 6.92 Å². The molecule has 0 aliphatic carbocycles. The molecule has 1 aromatic heterocycles. The molecule has 1 aromatic carbocycles. The molecule has 1 saturated heterocycles. The lowest BCUT2D eigenvalue weighted by atomic mass is 10.2. The number of hydrogen-bond donors (Lipinski definition) is 1.